The van der Waals surface area contributed by atoms with Crippen LogP contribution in [0.25, 0.3) is 10.9 Å². The van der Waals surface area contributed by atoms with Gasteiger partial charge in [0, 0.05) is 35.1 Å². The first kappa shape index (κ1) is 15.2. The van der Waals surface area contributed by atoms with Crippen LogP contribution in [0.2, 0.25) is 5.02 Å². The van der Waals surface area contributed by atoms with E-state index in [9.17, 15) is 13.6 Å². The molecule has 4 nitrogen and oxygen atoms in total. The first-order valence-corrected chi connectivity index (χ1v) is 7.47. The largest absolute Gasteiger partial charge is 0.361 e. The molecule has 7 heteroatoms. The average Bonchev–Trinajstić information content (AvgIpc) is 3.02. The van der Waals surface area contributed by atoms with Crippen molar-refractivity contribution in [2.75, 3.05) is 13.1 Å². The molecule has 1 saturated heterocycles. The molecule has 1 aromatic carbocycles. The third-order valence-corrected chi connectivity index (χ3v) is 4.08. The maximum atomic E-state index is 13.1. The highest BCUT2D eigenvalue weighted by atomic mass is 35.5. The van der Waals surface area contributed by atoms with Gasteiger partial charge in [-0.25, -0.2) is 8.78 Å². The van der Waals surface area contributed by atoms with Gasteiger partial charge in [-0.05, 0) is 30.2 Å². The number of aromatic nitrogens is 1. The summed E-state index contributed by atoms with van der Waals surface area (Å²) in [5, 5.41) is 6.89. The molecule has 22 heavy (non-hydrogen) atoms. The molecule has 1 unspecified atom stereocenters. The molecule has 1 atom stereocenters. The van der Waals surface area contributed by atoms with Crippen LogP contribution in [0, 0.1) is 0 Å². The van der Waals surface area contributed by atoms with Crippen molar-refractivity contribution < 1.29 is 13.6 Å². The lowest BCUT2D eigenvalue weighted by Crippen LogP contribution is -2.41. The molecule has 1 aliphatic heterocycles. The molecule has 3 N–H and O–H groups in total. The number of amides is 1. The Balaban J connectivity index is 1.56. The Morgan fingerprint density at radius 2 is 2.27 bits per heavy atom. The van der Waals surface area contributed by atoms with Crippen LogP contribution in [-0.2, 0) is 11.2 Å². The predicted molar refractivity (Wildman–Crippen MR) is 81.4 cm³/mol. The number of fused-ring (bicyclic) bond motifs is 1. The van der Waals surface area contributed by atoms with Crippen molar-refractivity contribution in [2.45, 2.75) is 24.8 Å². The number of carbonyl (C=O) groups is 1. The van der Waals surface area contributed by atoms with Crippen LogP contribution in [-0.4, -0.2) is 35.9 Å². The first-order chi connectivity index (χ1) is 10.4. The van der Waals surface area contributed by atoms with E-state index in [2.05, 4.69) is 15.6 Å². The summed E-state index contributed by atoms with van der Waals surface area (Å²) < 4.78 is 26.1. The molecule has 1 aromatic heterocycles. The van der Waals surface area contributed by atoms with E-state index in [0.717, 1.165) is 16.5 Å². The monoisotopic (exact) mass is 327 g/mol. The van der Waals surface area contributed by atoms with Crippen LogP contribution >= 0.6 is 11.6 Å². The summed E-state index contributed by atoms with van der Waals surface area (Å²) in [6.45, 7) is -0.0475. The molecule has 1 fully saturated rings. The standard InChI is InChI=1S/C15H16ClF2N3O/c16-10-1-2-12-11(5-10)9(7-20-12)3-4-19-14(22)13-6-15(17,18)8-21-13/h1-2,5,7,13,20-21H,3-4,6,8H2,(H,19,22). The Hall–Kier alpha value is -1.66. The molecule has 118 valence electrons. The van der Waals surface area contributed by atoms with Gasteiger partial charge in [-0.15, -0.1) is 0 Å². The fourth-order valence-corrected chi connectivity index (χ4v) is 2.87. The molecular formula is C15H16ClF2N3O. The van der Waals surface area contributed by atoms with Crippen molar-refractivity contribution in [3.05, 3.63) is 35.0 Å². The molecule has 0 aliphatic carbocycles. The number of alkyl halides is 2. The number of H-pyrrole nitrogens is 1. The Bertz CT molecular complexity index is 701. The van der Waals surface area contributed by atoms with Crippen LogP contribution in [0.15, 0.2) is 24.4 Å². The summed E-state index contributed by atoms with van der Waals surface area (Å²) >= 11 is 5.98. The van der Waals surface area contributed by atoms with Gasteiger partial charge in [0.1, 0.15) is 0 Å². The molecule has 2 heterocycles. The van der Waals surface area contributed by atoms with E-state index in [4.69, 9.17) is 11.6 Å². The van der Waals surface area contributed by atoms with Gasteiger partial charge in [-0.1, -0.05) is 11.6 Å². The summed E-state index contributed by atoms with van der Waals surface area (Å²) in [5.74, 6) is -3.18. The molecule has 1 amide bonds. The van der Waals surface area contributed by atoms with Gasteiger partial charge in [0.05, 0.1) is 12.6 Å². The fraction of sp³-hybridized carbons (Fsp3) is 0.400. The third-order valence-electron chi connectivity index (χ3n) is 3.85. The fourth-order valence-electron chi connectivity index (χ4n) is 2.70. The van der Waals surface area contributed by atoms with E-state index in [1.807, 2.05) is 18.3 Å². The summed E-state index contributed by atoms with van der Waals surface area (Å²) in [5.41, 5.74) is 2.00. The minimum absolute atomic E-state index is 0.380. The van der Waals surface area contributed by atoms with Gasteiger partial charge in [0.15, 0.2) is 0 Å². The Morgan fingerprint density at radius 1 is 1.45 bits per heavy atom. The molecule has 1 aliphatic rings. The Morgan fingerprint density at radius 3 is 3.00 bits per heavy atom. The van der Waals surface area contributed by atoms with Gasteiger partial charge < -0.3 is 10.3 Å². The van der Waals surface area contributed by atoms with Gasteiger partial charge in [0.25, 0.3) is 5.92 Å². The van der Waals surface area contributed by atoms with Crippen molar-refractivity contribution in [3.63, 3.8) is 0 Å². The number of rotatable bonds is 4. The molecule has 0 radical (unpaired) electrons. The highest BCUT2D eigenvalue weighted by Gasteiger charge is 2.42. The van der Waals surface area contributed by atoms with Crippen LogP contribution in [0.1, 0.15) is 12.0 Å². The van der Waals surface area contributed by atoms with Gasteiger partial charge in [-0.2, -0.15) is 0 Å². The molecule has 0 spiro atoms. The van der Waals surface area contributed by atoms with E-state index < -0.39 is 24.9 Å². The quantitative estimate of drug-likeness (QED) is 0.808. The smallest absolute Gasteiger partial charge is 0.262 e. The van der Waals surface area contributed by atoms with Crippen molar-refractivity contribution in [1.82, 2.24) is 15.6 Å². The number of aromatic amines is 1. The molecule has 0 saturated carbocycles. The zero-order valence-electron chi connectivity index (χ0n) is 11.8. The second-order valence-corrected chi connectivity index (χ2v) is 5.97. The van der Waals surface area contributed by atoms with Gasteiger partial charge in [-0.3, -0.25) is 10.1 Å². The lowest BCUT2D eigenvalue weighted by atomic mass is 10.1. The number of halogens is 3. The summed E-state index contributed by atoms with van der Waals surface area (Å²) in [6, 6.07) is 4.75. The molecule has 3 rings (SSSR count). The van der Waals surface area contributed by atoms with E-state index in [-0.39, 0.29) is 5.91 Å². The SMILES string of the molecule is O=C(NCCc1c[nH]c2ccc(Cl)cc12)C1CC(F)(F)CN1. The molecule has 0 bridgehead atoms. The lowest BCUT2D eigenvalue weighted by molar-refractivity contribution is -0.123. The van der Waals surface area contributed by atoms with Gasteiger partial charge >= 0.3 is 0 Å². The predicted octanol–water partition coefficient (Wildman–Crippen LogP) is 2.48. The van der Waals surface area contributed by atoms with Crippen molar-refractivity contribution in [1.29, 1.82) is 0 Å². The zero-order valence-corrected chi connectivity index (χ0v) is 12.5. The minimum atomic E-state index is -2.80. The Labute approximate surface area is 131 Å². The van der Waals surface area contributed by atoms with Gasteiger partial charge in [0.2, 0.25) is 5.91 Å². The van der Waals surface area contributed by atoms with Crippen molar-refractivity contribution in [3.8, 4) is 0 Å². The van der Waals surface area contributed by atoms with Crippen LogP contribution in [0.5, 0.6) is 0 Å². The lowest BCUT2D eigenvalue weighted by Gasteiger charge is -2.11. The second-order valence-electron chi connectivity index (χ2n) is 5.54. The number of benzene rings is 1. The first-order valence-electron chi connectivity index (χ1n) is 7.09. The highest BCUT2D eigenvalue weighted by Crippen LogP contribution is 2.25. The third kappa shape index (κ3) is 3.23. The number of hydrogen-bond acceptors (Lipinski definition) is 2. The van der Waals surface area contributed by atoms with E-state index >= 15 is 0 Å². The van der Waals surface area contributed by atoms with Crippen LogP contribution < -0.4 is 10.6 Å². The highest BCUT2D eigenvalue weighted by molar-refractivity contribution is 6.31. The Kier molecular flexibility index (Phi) is 4.06. The van der Waals surface area contributed by atoms with E-state index in [0.29, 0.717) is 18.0 Å². The topological polar surface area (TPSA) is 56.9 Å². The second kappa shape index (κ2) is 5.85. The number of carbonyl (C=O) groups excluding carboxylic acids is 1. The van der Waals surface area contributed by atoms with Crippen LogP contribution in [0.4, 0.5) is 8.78 Å². The molecule has 2 aromatic rings. The summed E-state index contributed by atoms with van der Waals surface area (Å²) in [7, 11) is 0. The number of hydrogen-bond donors (Lipinski definition) is 3. The maximum Gasteiger partial charge on any atom is 0.262 e. The number of nitrogens with one attached hydrogen (secondary N) is 3. The van der Waals surface area contributed by atoms with Crippen LogP contribution in [0.3, 0.4) is 0 Å². The normalized spacial score (nSPS) is 20.4. The molecular weight excluding hydrogens is 312 g/mol. The van der Waals surface area contributed by atoms with Crippen molar-refractivity contribution in [2.24, 2.45) is 0 Å². The van der Waals surface area contributed by atoms with E-state index in [1.54, 1.807) is 6.07 Å². The zero-order chi connectivity index (χ0) is 15.7. The van der Waals surface area contributed by atoms with Crippen molar-refractivity contribution >= 4 is 28.4 Å². The maximum absolute atomic E-state index is 13.1. The minimum Gasteiger partial charge on any atom is -0.361 e. The average molecular weight is 328 g/mol. The van der Waals surface area contributed by atoms with E-state index in [1.165, 1.54) is 0 Å². The summed E-state index contributed by atoms with van der Waals surface area (Å²) in [6.07, 6.45) is 2.03. The summed E-state index contributed by atoms with van der Waals surface area (Å²) in [4.78, 5) is 15.0.